The van der Waals surface area contributed by atoms with Gasteiger partial charge >= 0.3 is 11.9 Å². The Balaban J connectivity index is 2.91. The zero-order chi connectivity index (χ0) is 11.3. The second-order valence-electron chi connectivity index (χ2n) is 2.92. The molecule has 4 nitrogen and oxygen atoms in total. The van der Waals surface area contributed by atoms with Gasteiger partial charge in [-0.2, -0.15) is 0 Å². The van der Waals surface area contributed by atoms with E-state index in [4.69, 9.17) is 4.74 Å². The molecule has 1 aromatic carbocycles. The van der Waals surface area contributed by atoms with Crippen molar-refractivity contribution in [2.45, 2.75) is 13.0 Å². The molecule has 0 unspecified atom stereocenters. The smallest absolute Gasteiger partial charge is 0.351 e. The summed E-state index contributed by atoms with van der Waals surface area (Å²) >= 11 is 0. The van der Waals surface area contributed by atoms with E-state index in [0.717, 1.165) is 0 Å². The molecule has 0 aliphatic heterocycles. The average Bonchev–Trinajstić information content (AvgIpc) is 2.26. The van der Waals surface area contributed by atoms with Crippen molar-refractivity contribution in [1.82, 2.24) is 0 Å². The Kier molecular flexibility index (Phi) is 3.85. The van der Waals surface area contributed by atoms with Gasteiger partial charge in [-0.25, -0.2) is 4.79 Å². The quantitative estimate of drug-likeness (QED) is 0.706. The second-order valence-corrected chi connectivity index (χ2v) is 2.92. The number of benzene rings is 1. The molecular weight excluding hydrogens is 196 g/mol. The molecule has 1 aromatic rings. The van der Waals surface area contributed by atoms with E-state index in [1.54, 1.807) is 24.3 Å². The van der Waals surface area contributed by atoms with Crippen LogP contribution in [0.5, 0.6) is 0 Å². The lowest BCUT2D eigenvalue weighted by Crippen LogP contribution is -2.19. The molecule has 1 rings (SSSR count). The normalized spacial score (nSPS) is 11.6. The highest BCUT2D eigenvalue weighted by Gasteiger charge is 2.23. The highest BCUT2D eigenvalue weighted by molar-refractivity contribution is 5.79. The Morgan fingerprint density at radius 1 is 1.20 bits per heavy atom. The number of hydrogen-bond acceptors (Lipinski definition) is 4. The summed E-state index contributed by atoms with van der Waals surface area (Å²) in [4.78, 5) is 22.2. The van der Waals surface area contributed by atoms with Crippen molar-refractivity contribution in [2.75, 3.05) is 7.11 Å². The molecule has 0 aliphatic carbocycles. The van der Waals surface area contributed by atoms with Gasteiger partial charge in [0, 0.05) is 12.5 Å². The van der Waals surface area contributed by atoms with Crippen molar-refractivity contribution in [2.24, 2.45) is 0 Å². The minimum Gasteiger partial charge on any atom is -0.466 e. The van der Waals surface area contributed by atoms with Gasteiger partial charge in [-0.1, -0.05) is 30.3 Å². The number of hydrogen-bond donors (Lipinski definition) is 0. The molecule has 0 saturated carbocycles. The van der Waals surface area contributed by atoms with Crippen molar-refractivity contribution < 1.29 is 19.1 Å². The van der Waals surface area contributed by atoms with E-state index in [1.807, 2.05) is 6.07 Å². The van der Waals surface area contributed by atoms with Crippen molar-refractivity contribution in [1.29, 1.82) is 0 Å². The number of ether oxygens (including phenoxy) is 2. The lowest BCUT2D eigenvalue weighted by Gasteiger charge is -2.14. The second kappa shape index (κ2) is 5.14. The van der Waals surface area contributed by atoms with Gasteiger partial charge in [0.1, 0.15) is 0 Å². The number of carbonyl (C=O) groups is 2. The van der Waals surface area contributed by atoms with E-state index in [0.29, 0.717) is 5.56 Å². The summed E-state index contributed by atoms with van der Waals surface area (Å²) in [6.45, 7) is 1.25. The molecule has 4 heteroatoms. The van der Waals surface area contributed by atoms with Crippen molar-refractivity contribution >= 4 is 11.9 Å². The van der Waals surface area contributed by atoms with Gasteiger partial charge in [0.15, 0.2) is 0 Å². The fourth-order valence-electron chi connectivity index (χ4n) is 1.15. The highest BCUT2D eigenvalue weighted by atomic mass is 16.6. The zero-order valence-corrected chi connectivity index (χ0v) is 8.60. The topological polar surface area (TPSA) is 52.6 Å². The molecule has 0 N–H and O–H groups in total. The van der Waals surface area contributed by atoms with Gasteiger partial charge in [-0.05, 0) is 0 Å². The summed E-state index contributed by atoms with van der Waals surface area (Å²) in [5.74, 6) is -1.11. The van der Waals surface area contributed by atoms with Gasteiger partial charge in [-0.3, -0.25) is 4.79 Å². The van der Waals surface area contributed by atoms with Gasteiger partial charge < -0.3 is 9.47 Å². The number of rotatable bonds is 3. The van der Waals surface area contributed by atoms with Crippen molar-refractivity contribution in [3.8, 4) is 0 Å². The van der Waals surface area contributed by atoms with Gasteiger partial charge in [0.2, 0.25) is 6.10 Å². The minimum absolute atomic E-state index is 0.519. The van der Waals surface area contributed by atoms with Crippen LogP contribution in [0, 0.1) is 0 Å². The number of carbonyl (C=O) groups excluding carboxylic acids is 2. The van der Waals surface area contributed by atoms with Gasteiger partial charge in [0.25, 0.3) is 0 Å². The summed E-state index contributed by atoms with van der Waals surface area (Å²) in [5, 5.41) is 0. The minimum atomic E-state index is -0.978. The third-order valence-corrected chi connectivity index (χ3v) is 1.80. The third-order valence-electron chi connectivity index (χ3n) is 1.80. The summed E-state index contributed by atoms with van der Waals surface area (Å²) in [6, 6.07) is 8.73. The first-order chi connectivity index (χ1) is 7.15. The van der Waals surface area contributed by atoms with E-state index in [9.17, 15) is 9.59 Å². The Morgan fingerprint density at radius 3 is 2.27 bits per heavy atom. The van der Waals surface area contributed by atoms with Gasteiger partial charge in [0.05, 0.1) is 7.11 Å². The van der Waals surface area contributed by atoms with E-state index >= 15 is 0 Å². The van der Waals surface area contributed by atoms with Crippen molar-refractivity contribution in [3.05, 3.63) is 35.9 Å². The Labute approximate surface area is 87.8 Å². The molecule has 1 atom stereocenters. The maximum Gasteiger partial charge on any atom is 0.351 e. The van der Waals surface area contributed by atoms with Crippen LogP contribution in [0.25, 0.3) is 0 Å². The van der Waals surface area contributed by atoms with Crippen molar-refractivity contribution in [3.63, 3.8) is 0 Å². The first kappa shape index (κ1) is 11.2. The van der Waals surface area contributed by atoms with Gasteiger partial charge in [-0.15, -0.1) is 0 Å². The summed E-state index contributed by atoms with van der Waals surface area (Å²) in [5.41, 5.74) is 0.597. The van der Waals surface area contributed by atoms with Crippen LogP contribution in [-0.2, 0) is 19.1 Å². The maximum absolute atomic E-state index is 11.3. The molecule has 0 heterocycles. The predicted octanol–water partition coefficient (Wildman–Crippen LogP) is 1.46. The molecule has 0 bridgehead atoms. The first-order valence-corrected chi connectivity index (χ1v) is 4.45. The fraction of sp³-hybridized carbons (Fsp3) is 0.273. The van der Waals surface area contributed by atoms with Crippen LogP contribution >= 0.6 is 0 Å². The maximum atomic E-state index is 11.3. The molecule has 0 saturated heterocycles. The van der Waals surface area contributed by atoms with E-state index in [1.165, 1.54) is 14.0 Å². The summed E-state index contributed by atoms with van der Waals surface area (Å²) < 4.78 is 9.43. The zero-order valence-electron chi connectivity index (χ0n) is 8.60. The Morgan fingerprint density at radius 2 is 1.80 bits per heavy atom. The van der Waals surface area contributed by atoms with Crippen LogP contribution in [0.4, 0.5) is 0 Å². The van der Waals surface area contributed by atoms with Crippen LogP contribution < -0.4 is 0 Å². The predicted molar refractivity (Wildman–Crippen MR) is 53.0 cm³/mol. The standard InChI is InChI=1S/C11H12O4/c1-8(12)15-10(11(13)14-2)9-6-4-3-5-7-9/h3-7,10H,1-2H3/t10-/m0/s1. The van der Waals surface area contributed by atoms with E-state index < -0.39 is 18.0 Å². The largest absolute Gasteiger partial charge is 0.466 e. The SMILES string of the molecule is COC(=O)[C@@H](OC(C)=O)c1ccccc1. The Hall–Kier alpha value is -1.84. The molecule has 0 aliphatic rings. The lowest BCUT2D eigenvalue weighted by molar-refractivity contribution is -0.165. The molecule has 0 spiro atoms. The fourth-order valence-corrected chi connectivity index (χ4v) is 1.15. The molecule has 0 radical (unpaired) electrons. The molecule has 80 valence electrons. The summed E-state index contributed by atoms with van der Waals surface area (Å²) in [6.07, 6.45) is -0.978. The average molecular weight is 208 g/mol. The highest BCUT2D eigenvalue weighted by Crippen LogP contribution is 2.18. The van der Waals surface area contributed by atoms with Crippen LogP contribution in [0.3, 0.4) is 0 Å². The van der Waals surface area contributed by atoms with Crippen LogP contribution in [0.1, 0.15) is 18.6 Å². The monoisotopic (exact) mass is 208 g/mol. The molecular formula is C11H12O4. The van der Waals surface area contributed by atoms with Crippen LogP contribution in [0.2, 0.25) is 0 Å². The third kappa shape index (κ3) is 3.09. The molecule has 0 aromatic heterocycles. The Bertz CT molecular complexity index is 345. The van der Waals surface area contributed by atoms with E-state index in [-0.39, 0.29) is 0 Å². The van der Waals surface area contributed by atoms with E-state index in [2.05, 4.69) is 4.74 Å². The van der Waals surface area contributed by atoms with Crippen LogP contribution in [0.15, 0.2) is 30.3 Å². The summed E-state index contributed by atoms with van der Waals surface area (Å²) in [7, 11) is 1.25. The lowest BCUT2D eigenvalue weighted by atomic mass is 10.1. The number of esters is 2. The van der Waals surface area contributed by atoms with Crippen LogP contribution in [-0.4, -0.2) is 19.0 Å². The first-order valence-electron chi connectivity index (χ1n) is 4.45. The molecule has 0 amide bonds. The molecule has 0 fully saturated rings. The molecule has 15 heavy (non-hydrogen) atoms. The number of methoxy groups -OCH3 is 1.